The molecule has 2 atom stereocenters. The second-order valence-electron chi connectivity index (χ2n) is 5.98. The molecule has 1 aromatic rings. The fourth-order valence-electron chi connectivity index (χ4n) is 2.99. The van der Waals surface area contributed by atoms with Gasteiger partial charge in [-0.2, -0.15) is 0 Å². The number of benzene rings is 1. The van der Waals surface area contributed by atoms with Crippen LogP contribution in [0.15, 0.2) is 24.3 Å². The van der Waals surface area contributed by atoms with Gasteiger partial charge in [0.2, 0.25) is 5.91 Å². The van der Waals surface area contributed by atoms with Crippen LogP contribution in [0.5, 0.6) is 0 Å². The van der Waals surface area contributed by atoms with Crippen molar-refractivity contribution < 1.29 is 15.0 Å². The molecule has 1 amide bonds. The van der Waals surface area contributed by atoms with Gasteiger partial charge in [0.25, 0.3) is 0 Å². The lowest BCUT2D eigenvalue weighted by atomic mass is 9.86. The molecule has 2 rings (SSSR count). The number of halogens is 1. The lowest BCUT2D eigenvalue weighted by molar-refractivity contribution is -0.138. The van der Waals surface area contributed by atoms with E-state index in [1.807, 2.05) is 24.3 Å². The molecule has 1 saturated carbocycles. The Bertz CT molecular complexity index is 477. The first-order chi connectivity index (χ1) is 10.6. The highest BCUT2D eigenvalue weighted by Crippen LogP contribution is 2.26. The van der Waals surface area contributed by atoms with E-state index in [2.05, 4.69) is 0 Å². The molecule has 0 aromatic heterocycles. The number of hydrogen-bond acceptors (Lipinski definition) is 3. The molecule has 1 aliphatic rings. The highest BCUT2D eigenvalue weighted by atomic mass is 35.5. The van der Waals surface area contributed by atoms with Crippen molar-refractivity contribution in [1.82, 2.24) is 4.90 Å². The van der Waals surface area contributed by atoms with Crippen molar-refractivity contribution >= 4 is 17.5 Å². The lowest BCUT2D eigenvalue weighted by Gasteiger charge is -2.31. The fourth-order valence-corrected chi connectivity index (χ4v) is 3.11. The van der Waals surface area contributed by atoms with Crippen molar-refractivity contribution in [2.75, 3.05) is 13.2 Å². The molecule has 0 radical (unpaired) electrons. The third-order valence-corrected chi connectivity index (χ3v) is 4.43. The maximum Gasteiger partial charge on any atom is 0.226 e. The molecule has 122 valence electrons. The summed E-state index contributed by atoms with van der Waals surface area (Å²) >= 11 is 5.89. The monoisotopic (exact) mass is 325 g/mol. The minimum atomic E-state index is -0.363. The summed E-state index contributed by atoms with van der Waals surface area (Å²) in [7, 11) is 0. The normalized spacial score (nSPS) is 21.6. The predicted molar refractivity (Wildman–Crippen MR) is 86.5 cm³/mol. The molecule has 0 unspecified atom stereocenters. The predicted octanol–water partition coefficient (Wildman–Crippen LogP) is 2.60. The van der Waals surface area contributed by atoms with Crippen LogP contribution < -0.4 is 0 Å². The van der Waals surface area contributed by atoms with Gasteiger partial charge in [-0.15, -0.1) is 0 Å². The number of nitrogens with zero attached hydrogens (tertiary/aromatic N) is 1. The first kappa shape index (κ1) is 17.3. The number of hydrogen-bond donors (Lipinski definition) is 2. The highest BCUT2D eigenvalue weighted by molar-refractivity contribution is 6.30. The molecule has 2 N–H and O–H groups in total. The molecule has 0 saturated heterocycles. The van der Waals surface area contributed by atoms with E-state index in [1.165, 1.54) is 0 Å². The summed E-state index contributed by atoms with van der Waals surface area (Å²) in [6, 6.07) is 7.46. The van der Waals surface area contributed by atoms with Crippen molar-refractivity contribution in [1.29, 1.82) is 0 Å². The topological polar surface area (TPSA) is 60.8 Å². The molecule has 0 spiro atoms. The number of aliphatic hydroxyl groups is 2. The molecule has 4 nitrogen and oxygen atoms in total. The summed E-state index contributed by atoms with van der Waals surface area (Å²) in [4.78, 5) is 14.5. The zero-order valence-corrected chi connectivity index (χ0v) is 13.5. The van der Waals surface area contributed by atoms with E-state index in [9.17, 15) is 9.90 Å². The Hall–Kier alpha value is -1.10. The minimum absolute atomic E-state index is 0.0672. The van der Waals surface area contributed by atoms with Gasteiger partial charge in [0.05, 0.1) is 6.10 Å². The zero-order valence-electron chi connectivity index (χ0n) is 12.7. The first-order valence-electron chi connectivity index (χ1n) is 7.92. The Morgan fingerprint density at radius 3 is 2.64 bits per heavy atom. The SMILES string of the molecule is O=C([C@H]1CCC[C@H](O)C1)N(CCCO)Cc1ccc(Cl)cc1. The second kappa shape index (κ2) is 8.51. The van der Waals surface area contributed by atoms with Crippen LogP contribution in [0.3, 0.4) is 0 Å². The quantitative estimate of drug-likeness (QED) is 0.845. The minimum Gasteiger partial charge on any atom is -0.396 e. The number of carbonyl (C=O) groups excluding carboxylic acids is 1. The van der Waals surface area contributed by atoms with Crippen LogP contribution in [0.2, 0.25) is 5.02 Å². The third kappa shape index (κ3) is 4.97. The standard InChI is InChI=1S/C17H24ClNO3/c18-15-7-5-13(6-8-15)12-19(9-2-10-20)17(22)14-3-1-4-16(21)11-14/h5-8,14,16,20-21H,1-4,9-12H2/t14-,16-/m0/s1. The zero-order chi connectivity index (χ0) is 15.9. The summed E-state index contributed by atoms with van der Waals surface area (Å²) in [6.45, 7) is 1.12. The Labute approximate surface area is 136 Å². The van der Waals surface area contributed by atoms with E-state index in [4.69, 9.17) is 16.7 Å². The lowest BCUT2D eigenvalue weighted by Crippen LogP contribution is -2.39. The van der Waals surface area contributed by atoms with Crippen LogP contribution >= 0.6 is 11.6 Å². The summed E-state index contributed by atoms with van der Waals surface area (Å²) in [5, 5.41) is 19.5. The maximum atomic E-state index is 12.7. The van der Waals surface area contributed by atoms with E-state index < -0.39 is 0 Å². The van der Waals surface area contributed by atoms with Gasteiger partial charge in [0, 0.05) is 30.6 Å². The second-order valence-corrected chi connectivity index (χ2v) is 6.42. The molecule has 1 fully saturated rings. The summed E-state index contributed by atoms with van der Waals surface area (Å²) in [6.07, 6.45) is 3.28. The molecule has 0 bridgehead atoms. The molecular weight excluding hydrogens is 302 g/mol. The first-order valence-corrected chi connectivity index (χ1v) is 8.30. The van der Waals surface area contributed by atoms with Crippen molar-refractivity contribution in [3.8, 4) is 0 Å². The Morgan fingerprint density at radius 2 is 2.00 bits per heavy atom. The average Bonchev–Trinajstić information content (AvgIpc) is 2.52. The Kier molecular flexibility index (Phi) is 6.68. The van der Waals surface area contributed by atoms with E-state index >= 15 is 0 Å². The van der Waals surface area contributed by atoms with Crippen LogP contribution in [0.25, 0.3) is 0 Å². The van der Waals surface area contributed by atoms with Gasteiger partial charge in [0.1, 0.15) is 0 Å². The molecule has 5 heteroatoms. The van der Waals surface area contributed by atoms with E-state index in [0.717, 1.165) is 24.8 Å². The number of rotatable bonds is 6. The van der Waals surface area contributed by atoms with Crippen LogP contribution in [-0.2, 0) is 11.3 Å². The largest absolute Gasteiger partial charge is 0.396 e. The molecule has 1 aliphatic carbocycles. The maximum absolute atomic E-state index is 12.7. The van der Waals surface area contributed by atoms with Gasteiger partial charge in [-0.3, -0.25) is 4.79 Å². The third-order valence-electron chi connectivity index (χ3n) is 4.18. The van der Waals surface area contributed by atoms with Crippen molar-refractivity contribution in [2.24, 2.45) is 5.92 Å². The van der Waals surface area contributed by atoms with E-state index in [0.29, 0.717) is 31.0 Å². The van der Waals surface area contributed by atoms with Gasteiger partial charge in [-0.25, -0.2) is 0 Å². The number of amides is 1. The summed E-state index contributed by atoms with van der Waals surface area (Å²) in [5.41, 5.74) is 1.02. The molecule has 22 heavy (non-hydrogen) atoms. The van der Waals surface area contributed by atoms with Crippen LogP contribution in [-0.4, -0.2) is 40.3 Å². The number of carbonyl (C=O) groups is 1. The Morgan fingerprint density at radius 1 is 1.27 bits per heavy atom. The van der Waals surface area contributed by atoms with Crippen molar-refractivity contribution in [2.45, 2.75) is 44.8 Å². The van der Waals surface area contributed by atoms with E-state index in [-0.39, 0.29) is 24.5 Å². The van der Waals surface area contributed by atoms with Gasteiger partial charge in [0.15, 0.2) is 0 Å². The van der Waals surface area contributed by atoms with Gasteiger partial charge >= 0.3 is 0 Å². The van der Waals surface area contributed by atoms with Gasteiger partial charge in [-0.1, -0.05) is 30.2 Å². The van der Waals surface area contributed by atoms with Crippen molar-refractivity contribution in [3.05, 3.63) is 34.9 Å². The average molecular weight is 326 g/mol. The van der Waals surface area contributed by atoms with E-state index in [1.54, 1.807) is 4.90 Å². The number of aliphatic hydroxyl groups excluding tert-OH is 2. The summed E-state index contributed by atoms with van der Waals surface area (Å²) < 4.78 is 0. The Balaban J connectivity index is 2.03. The van der Waals surface area contributed by atoms with Crippen LogP contribution in [0.4, 0.5) is 0 Å². The van der Waals surface area contributed by atoms with Gasteiger partial charge < -0.3 is 15.1 Å². The highest BCUT2D eigenvalue weighted by Gasteiger charge is 2.29. The van der Waals surface area contributed by atoms with Crippen LogP contribution in [0, 0.1) is 5.92 Å². The van der Waals surface area contributed by atoms with Crippen molar-refractivity contribution in [3.63, 3.8) is 0 Å². The molecule has 1 aromatic carbocycles. The smallest absolute Gasteiger partial charge is 0.226 e. The molecule has 0 aliphatic heterocycles. The fraction of sp³-hybridized carbons (Fsp3) is 0.588. The molecule has 0 heterocycles. The van der Waals surface area contributed by atoms with Gasteiger partial charge in [-0.05, 0) is 43.4 Å². The summed E-state index contributed by atoms with van der Waals surface area (Å²) in [5.74, 6) is -0.0168. The molecular formula is C17H24ClNO3. The van der Waals surface area contributed by atoms with Crippen LogP contribution in [0.1, 0.15) is 37.7 Å².